The molecule has 0 amide bonds. The maximum atomic E-state index is 12.7. The highest BCUT2D eigenvalue weighted by Crippen LogP contribution is 2.23. The van der Waals surface area contributed by atoms with E-state index in [0.717, 1.165) is 28.5 Å². The van der Waals surface area contributed by atoms with Gasteiger partial charge in [-0.15, -0.1) is 0 Å². The van der Waals surface area contributed by atoms with Crippen molar-refractivity contribution in [1.82, 2.24) is 14.8 Å². The van der Waals surface area contributed by atoms with Crippen molar-refractivity contribution in [3.63, 3.8) is 0 Å². The van der Waals surface area contributed by atoms with Crippen molar-refractivity contribution in [2.75, 3.05) is 0 Å². The minimum absolute atomic E-state index is 0.225. The first kappa shape index (κ1) is 15.5. The number of hydrogen-bond acceptors (Lipinski definition) is 4. The molecule has 0 bridgehead atoms. The van der Waals surface area contributed by atoms with Gasteiger partial charge in [0, 0.05) is 11.9 Å². The van der Waals surface area contributed by atoms with Gasteiger partial charge in [0.25, 0.3) is 5.56 Å². The summed E-state index contributed by atoms with van der Waals surface area (Å²) in [5.41, 5.74) is 3.01. The zero-order chi connectivity index (χ0) is 17.2. The zero-order valence-electron chi connectivity index (χ0n) is 13.4. The second-order valence-electron chi connectivity index (χ2n) is 5.74. The summed E-state index contributed by atoms with van der Waals surface area (Å²) in [5.74, 6) is 0. The second-order valence-corrected chi connectivity index (χ2v) is 6.75. The first-order valence-electron chi connectivity index (χ1n) is 8.00. The molecule has 6 heteroatoms. The Morgan fingerprint density at radius 2 is 1.84 bits per heavy atom. The van der Waals surface area contributed by atoms with E-state index in [9.17, 15) is 4.79 Å². The summed E-state index contributed by atoms with van der Waals surface area (Å²) >= 11 is 1.46. The highest BCUT2D eigenvalue weighted by molar-refractivity contribution is 7.20. The molecule has 124 valence electrons. The van der Waals surface area contributed by atoms with Crippen LogP contribution >= 0.6 is 11.3 Å². The quantitative estimate of drug-likeness (QED) is 0.541. The van der Waals surface area contributed by atoms with Crippen LogP contribution in [0.15, 0.2) is 59.4 Å². The van der Waals surface area contributed by atoms with E-state index in [2.05, 4.69) is 22.2 Å². The van der Waals surface area contributed by atoms with Crippen LogP contribution in [0.4, 0.5) is 0 Å². The largest absolute Gasteiger partial charge is 0.308 e. The third kappa shape index (κ3) is 2.92. The normalized spacial score (nSPS) is 11.0. The number of aromatic amines is 1. The van der Waals surface area contributed by atoms with E-state index < -0.39 is 0 Å². The fraction of sp³-hybridized carbons (Fsp3) is 0.105. The average Bonchev–Trinajstić information content (AvgIpc) is 3.21. The number of aryl methyl sites for hydroxylation is 2. The number of aromatic nitrogens is 3. The van der Waals surface area contributed by atoms with Crippen molar-refractivity contribution in [3.05, 3.63) is 81.8 Å². The Labute approximate surface area is 148 Å². The van der Waals surface area contributed by atoms with Gasteiger partial charge in [0.15, 0.2) is 0 Å². The third-order valence-electron chi connectivity index (χ3n) is 4.13. The molecule has 2 aromatic carbocycles. The van der Waals surface area contributed by atoms with Gasteiger partial charge in [-0.25, -0.2) is 4.98 Å². The predicted octanol–water partition coefficient (Wildman–Crippen LogP) is 3.56. The van der Waals surface area contributed by atoms with Crippen molar-refractivity contribution < 1.29 is 0 Å². The number of thiazole rings is 1. The van der Waals surface area contributed by atoms with Crippen molar-refractivity contribution in [1.29, 1.82) is 5.41 Å². The van der Waals surface area contributed by atoms with Gasteiger partial charge in [-0.05, 0) is 30.5 Å². The van der Waals surface area contributed by atoms with Crippen molar-refractivity contribution >= 4 is 27.8 Å². The van der Waals surface area contributed by atoms with Crippen LogP contribution in [0.3, 0.4) is 0 Å². The fourth-order valence-electron chi connectivity index (χ4n) is 2.84. The lowest BCUT2D eigenvalue weighted by Gasteiger charge is -2.00. The van der Waals surface area contributed by atoms with Crippen LogP contribution in [0, 0.1) is 5.41 Å². The van der Waals surface area contributed by atoms with Gasteiger partial charge >= 0.3 is 0 Å². The lowest BCUT2D eigenvalue weighted by atomic mass is 10.1. The highest BCUT2D eigenvalue weighted by Gasteiger charge is 2.16. The van der Waals surface area contributed by atoms with E-state index in [1.54, 1.807) is 0 Å². The maximum Gasteiger partial charge on any atom is 0.282 e. The van der Waals surface area contributed by atoms with E-state index in [1.165, 1.54) is 21.6 Å². The van der Waals surface area contributed by atoms with Gasteiger partial charge in [-0.3, -0.25) is 9.89 Å². The second kappa shape index (κ2) is 6.49. The van der Waals surface area contributed by atoms with Gasteiger partial charge in [0.1, 0.15) is 0 Å². The van der Waals surface area contributed by atoms with E-state index in [1.807, 2.05) is 42.5 Å². The smallest absolute Gasteiger partial charge is 0.282 e. The Balaban J connectivity index is 1.70. The SMILES string of the molecule is N=Cc1c(CCc2ccccc2)[nH]n(-c2nc3ccccc3s2)c1=O. The summed E-state index contributed by atoms with van der Waals surface area (Å²) in [5, 5.41) is 11.4. The van der Waals surface area contributed by atoms with Crippen LogP contribution in [0.2, 0.25) is 0 Å². The van der Waals surface area contributed by atoms with Crippen LogP contribution < -0.4 is 5.56 Å². The van der Waals surface area contributed by atoms with Gasteiger partial charge in [-0.2, -0.15) is 4.68 Å². The van der Waals surface area contributed by atoms with Crippen LogP contribution in [0.5, 0.6) is 0 Å². The molecule has 2 aromatic heterocycles. The van der Waals surface area contributed by atoms with Gasteiger partial charge in [-0.1, -0.05) is 53.8 Å². The average molecular weight is 348 g/mol. The first-order valence-corrected chi connectivity index (χ1v) is 8.82. The van der Waals surface area contributed by atoms with Crippen molar-refractivity contribution in [2.45, 2.75) is 12.8 Å². The molecule has 0 aliphatic rings. The molecule has 0 spiro atoms. The molecule has 0 aliphatic heterocycles. The summed E-state index contributed by atoms with van der Waals surface area (Å²) in [7, 11) is 0. The van der Waals surface area contributed by atoms with Crippen LogP contribution in [-0.4, -0.2) is 21.0 Å². The Bertz CT molecular complexity index is 1060. The Hall–Kier alpha value is -2.99. The minimum Gasteiger partial charge on any atom is -0.308 e. The summed E-state index contributed by atoms with van der Waals surface area (Å²) < 4.78 is 2.48. The number of benzene rings is 2. The Morgan fingerprint density at radius 3 is 2.60 bits per heavy atom. The van der Waals surface area contributed by atoms with E-state index in [4.69, 9.17) is 5.41 Å². The number of fused-ring (bicyclic) bond motifs is 1. The molecule has 4 aromatic rings. The number of rotatable bonds is 5. The fourth-order valence-corrected chi connectivity index (χ4v) is 3.76. The van der Waals surface area contributed by atoms with E-state index in [-0.39, 0.29) is 5.56 Å². The molecular weight excluding hydrogens is 332 g/mol. The molecule has 25 heavy (non-hydrogen) atoms. The predicted molar refractivity (Wildman–Crippen MR) is 101 cm³/mol. The summed E-state index contributed by atoms with van der Waals surface area (Å²) in [6, 6.07) is 17.9. The Kier molecular flexibility index (Phi) is 4.03. The third-order valence-corrected chi connectivity index (χ3v) is 5.15. The molecule has 0 radical (unpaired) electrons. The summed E-state index contributed by atoms with van der Waals surface area (Å²) in [6.07, 6.45) is 2.60. The molecule has 0 saturated heterocycles. The first-order chi connectivity index (χ1) is 12.3. The lowest BCUT2D eigenvalue weighted by Crippen LogP contribution is -2.16. The molecule has 4 rings (SSSR count). The lowest BCUT2D eigenvalue weighted by molar-refractivity contribution is 0.797. The van der Waals surface area contributed by atoms with Crippen LogP contribution in [0.25, 0.3) is 15.3 Å². The topological polar surface area (TPSA) is 74.5 Å². The number of para-hydroxylation sites is 1. The molecule has 2 N–H and O–H groups in total. The molecule has 0 fully saturated rings. The summed E-state index contributed by atoms with van der Waals surface area (Å²) in [6.45, 7) is 0. The molecule has 0 saturated carbocycles. The molecule has 0 atom stereocenters. The van der Waals surface area contributed by atoms with Gasteiger partial charge in [0.05, 0.1) is 15.8 Å². The van der Waals surface area contributed by atoms with E-state index >= 15 is 0 Å². The van der Waals surface area contributed by atoms with Crippen LogP contribution in [0.1, 0.15) is 16.8 Å². The summed E-state index contributed by atoms with van der Waals surface area (Å²) in [4.78, 5) is 17.2. The monoisotopic (exact) mass is 348 g/mol. The number of nitrogens with one attached hydrogen (secondary N) is 2. The number of nitrogens with zero attached hydrogens (tertiary/aromatic N) is 2. The molecular formula is C19H16N4OS. The molecule has 0 unspecified atom stereocenters. The maximum absolute atomic E-state index is 12.7. The zero-order valence-corrected chi connectivity index (χ0v) is 14.2. The standard InChI is InChI=1S/C19H16N4OS/c20-12-14-15(11-10-13-6-2-1-3-7-13)22-23(18(14)24)19-21-16-8-4-5-9-17(16)25-19/h1-9,12,20,22H,10-11H2. The minimum atomic E-state index is -0.225. The van der Waals surface area contributed by atoms with Gasteiger partial charge in [0.2, 0.25) is 5.13 Å². The van der Waals surface area contributed by atoms with Crippen molar-refractivity contribution in [2.24, 2.45) is 0 Å². The number of hydrogen-bond donors (Lipinski definition) is 2. The Morgan fingerprint density at radius 1 is 1.08 bits per heavy atom. The van der Waals surface area contributed by atoms with E-state index in [0.29, 0.717) is 17.1 Å². The molecule has 5 nitrogen and oxygen atoms in total. The van der Waals surface area contributed by atoms with Crippen LogP contribution in [-0.2, 0) is 12.8 Å². The molecule has 0 aliphatic carbocycles. The highest BCUT2D eigenvalue weighted by atomic mass is 32.1. The molecule has 2 heterocycles. The number of H-pyrrole nitrogens is 1. The van der Waals surface area contributed by atoms with Gasteiger partial charge < -0.3 is 5.41 Å². The van der Waals surface area contributed by atoms with Crippen molar-refractivity contribution in [3.8, 4) is 5.13 Å².